The van der Waals surface area contributed by atoms with Gasteiger partial charge in [0.1, 0.15) is 46.0 Å². The van der Waals surface area contributed by atoms with Gasteiger partial charge in [-0.05, 0) is 213 Å². The first-order valence-electron chi connectivity index (χ1n) is 39.0. The molecule has 2 aliphatic heterocycles. The third-order valence-electron chi connectivity index (χ3n) is 22.1. The number of nitrogens with zero attached hydrogens (tertiary/aromatic N) is 6. The Morgan fingerprint density at radius 1 is 0.268 bits per heavy atom. The number of rotatable bonds is 20. The first-order chi connectivity index (χ1) is 52.6. The lowest BCUT2D eigenvalue weighted by atomic mass is 9.72. The minimum absolute atomic E-state index is 0.0183. The molecule has 2 aromatic heterocycles. The van der Waals surface area contributed by atoms with Crippen molar-refractivity contribution in [3.63, 3.8) is 0 Å². The molecule has 0 atom stereocenters. The molecular formula is C98H102N6O8. The largest absolute Gasteiger partial charge is 0.457 e. The summed E-state index contributed by atoms with van der Waals surface area (Å²) in [4.78, 5) is 76.6. The van der Waals surface area contributed by atoms with Crippen LogP contribution in [-0.2, 0) is 21.7 Å². The zero-order valence-corrected chi connectivity index (χ0v) is 68.4. The molecule has 112 heavy (non-hydrogen) atoms. The summed E-state index contributed by atoms with van der Waals surface area (Å²) >= 11 is 0. The third kappa shape index (κ3) is 14.5. The van der Waals surface area contributed by atoms with Gasteiger partial charge < -0.3 is 28.1 Å². The number of imide groups is 2. The number of carbonyl (C=O) groups is 4. The third-order valence-corrected chi connectivity index (χ3v) is 22.1. The molecule has 4 heterocycles. The van der Waals surface area contributed by atoms with E-state index in [0.29, 0.717) is 77.5 Å². The highest BCUT2D eigenvalue weighted by Crippen LogP contribution is 2.59. The zero-order chi connectivity index (χ0) is 79.9. The number of imidazole rings is 2. The van der Waals surface area contributed by atoms with E-state index in [4.69, 9.17) is 18.9 Å². The summed E-state index contributed by atoms with van der Waals surface area (Å²) in [6.07, 6.45) is 14.0. The summed E-state index contributed by atoms with van der Waals surface area (Å²) in [6, 6.07) is 53.9. The maximum absolute atomic E-state index is 16.4. The Balaban J connectivity index is 1.08. The molecule has 572 valence electrons. The molecule has 0 fully saturated rings. The first kappa shape index (κ1) is 76.0. The van der Waals surface area contributed by atoms with Gasteiger partial charge in [0.15, 0.2) is 0 Å². The van der Waals surface area contributed by atoms with Crippen LogP contribution in [0.4, 0.5) is 11.4 Å². The molecule has 0 unspecified atom stereocenters. The van der Waals surface area contributed by atoms with Gasteiger partial charge in [-0.15, -0.1) is 0 Å². The van der Waals surface area contributed by atoms with Gasteiger partial charge in [-0.2, -0.15) is 0 Å². The second kappa shape index (κ2) is 27.2. The minimum Gasteiger partial charge on any atom is -0.457 e. The summed E-state index contributed by atoms with van der Waals surface area (Å²) < 4.78 is 33.9. The second-order valence-corrected chi connectivity index (χ2v) is 38.5. The van der Waals surface area contributed by atoms with Crippen LogP contribution in [0.5, 0.6) is 46.0 Å². The summed E-state index contributed by atoms with van der Waals surface area (Å²) in [5, 5.41) is 3.15. The van der Waals surface area contributed by atoms with Crippen molar-refractivity contribution in [2.45, 2.75) is 186 Å². The van der Waals surface area contributed by atoms with Gasteiger partial charge in [-0.1, -0.05) is 187 Å². The number of carbonyl (C=O) groups excluding carboxylic acids is 4. The van der Waals surface area contributed by atoms with Gasteiger partial charge in [0.05, 0.1) is 46.3 Å². The number of aromatic nitrogens is 4. The number of benzene rings is 11. The highest BCUT2D eigenvalue weighted by atomic mass is 16.5. The van der Waals surface area contributed by atoms with Gasteiger partial charge in [0.2, 0.25) is 0 Å². The second-order valence-electron chi connectivity index (χ2n) is 38.5. The Hall–Kier alpha value is -11.4. The van der Waals surface area contributed by atoms with Crippen LogP contribution in [0.2, 0.25) is 0 Å². The van der Waals surface area contributed by atoms with Gasteiger partial charge in [0.25, 0.3) is 23.6 Å². The van der Waals surface area contributed by atoms with Crippen molar-refractivity contribution in [3.8, 4) is 57.4 Å². The van der Waals surface area contributed by atoms with E-state index in [0.717, 1.165) is 59.3 Å². The Labute approximate surface area is 658 Å². The number of amides is 4. The topological polar surface area (TPSA) is 147 Å². The molecule has 13 aromatic rings. The lowest BCUT2D eigenvalue weighted by Gasteiger charge is -2.33. The maximum Gasteiger partial charge on any atom is 0.266 e. The van der Waals surface area contributed by atoms with Crippen molar-refractivity contribution >= 4 is 78.1 Å². The fourth-order valence-electron chi connectivity index (χ4n) is 18.8. The molecule has 4 amide bonds. The van der Waals surface area contributed by atoms with E-state index in [1.165, 1.54) is 9.80 Å². The van der Waals surface area contributed by atoms with Crippen molar-refractivity contribution in [2.24, 2.45) is 21.7 Å². The Morgan fingerprint density at radius 3 is 0.679 bits per heavy atom. The molecule has 14 nitrogen and oxygen atoms in total. The van der Waals surface area contributed by atoms with E-state index in [1.807, 2.05) is 94.3 Å². The molecule has 0 saturated heterocycles. The van der Waals surface area contributed by atoms with Crippen LogP contribution in [0.1, 0.15) is 228 Å². The summed E-state index contributed by atoms with van der Waals surface area (Å²) in [5.41, 5.74) is 6.48. The normalized spacial score (nSPS) is 14.1. The number of anilines is 2. The summed E-state index contributed by atoms with van der Waals surface area (Å²) in [6.45, 7) is 45.0. The quantitative estimate of drug-likeness (QED) is 0.0410. The van der Waals surface area contributed by atoms with Crippen LogP contribution in [0.3, 0.4) is 0 Å². The van der Waals surface area contributed by atoms with Gasteiger partial charge in [0, 0.05) is 79.3 Å². The van der Waals surface area contributed by atoms with E-state index in [-0.39, 0.29) is 88.6 Å². The minimum atomic E-state index is -0.598. The Kier molecular flexibility index (Phi) is 18.5. The van der Waals surface area contributed by atoms with Crippen LogP contribution >= 0.6 is 0 Å². The molecular weight excluding hydrogens is 1390 g/mol. The van der Waals surface area contributed by atoms with Crippen molar-refractivity contribution in [1.29, 1.82) is 0 Å². The van der Waals surface area contributed by atoms with Crippen molar-refractivity contribution in [1.82, 2.24) is 19.1 Å². The van der Waals surface area contributed by atoms with Crippen LogP contribution in [0.25, 0.3) is 54.5 Å². The Bertz CT molecular complexity index is 5190. The number of hydrogen-bond donors (Lipinski definition) is 0. The molecule has 0 saturated carbocycles. The van der Waals surface area contributed by atoms with E-state index in [9.17, 15) is 0 Å². The van der Waals surface area contributed by atoms with Crippen LogP contribution < -0.4 is 28.7 Å². The standard InChI is InChI=1S/C98H102N6O8/c1-91(2,3)53-95(13,14)59-21-37-67(38-22-59)109-75-49-71-79-72(88(106)103(87(71)105)65-33-29-63(30-34-65)101-47-45-99-57-101)51-77(111-69-41-25-61(26-42-69)97(17,18)55-93(7,8)9)83-84-78(112-70-43-27-62(28-44-70)98(19,20)56-94(10,11)12)52-74-80-73(89(107)104(90(74)108)66-35-31-64(32-36-66)102-48-46-100-58-102)50-76(82(86(80)84)81(75)85(79)83)110-68-39-23-60(24-40-68)96(15,16)54-92(4,5)6/h21-52,57-58H,53-56H2,1-20H3. The van der Waals surface area contributed by atoms with E-state index >= 15 is 19.2 Å². The first-order valence-corrected chi connectivity index (χ1v) is 39.0. The highest BCUT2D eigenvalue weighted by Gasteiger charge is 2.44. The van der Waals surface area contributed by atoms with Gasteiger partial charge in [-0.25, -0.2) is 19.8 Å². The zero-order valence-electron chi connectivity index (χ0n) is 68.4. The van der Waals surface area contributed by atoms with Crippen LogP contribution in [0.15, 0.2) is 207 Å². The van der Waals surface area contributed by atoms with E-state index in [1.54, 1.807) is 73.6 Å². The molecule has 2 aliphatic rings. The molecule has 0 aliphatic carbocycles. The fourth-order valence-corrected chi connectivity index (χ4v) is 18.8. The highest BCUT2D eigenvalue weighted by molar-refractivity contribution is 6.48. The lowest BCUT2D eigenvalue weighted by Crippen LogP contribution is -2.40. The lowest BCUT2D eigenvalue weighted by molar-refractivity contribution is 0.0877. The predicted octanol–water partition coefficient (Wildman–Crippen LogP) is 25.7. The predicted molar refractivity (Wildman–Crippen MR) is 452 cm³/mol. The molecule has 15 rings (SSSR count). The van der Waals surface area contributed by atoms with Gasteiger partial charge in [-0.3, -0.25) is 19.2 Å². The average molecular weight is 1490 g/mol. The molecule has 0 bridgehead atoms. The number of hydrogen-bond acceptors (Lipinski definition) is 10. The smallest absolute Gasteiger partial charge is 0.266 e. The maximum atomic E-state index is 16.4. The molecule has 0 radical (unpaired) electrons. The Morgan fingerprint density at radius 2 is 0.482 bits per heavy atom. The van der Waals surface area contributed by atoms with Crippen molar-refractivity contribution in [3.05, 3.63) is 252 Å². The van der Waals surface area contributed by atoms with Crippen LogP contribution in [-0.4, -0.2) is 42.7 Å². The average Bonchev–Trinajstić information content (AvgIpc) is 0.719. The summed E-state index contributed by atoms with van der Waals surface area (Å²) in [7, 11) is 0. The van der Waals surface area contributed by atoms with Gasteiger partial charge >= 0.3 is 0 Å². The van der Waals surface area contributed by atoms with Crippen LogP contribution in [0, 0.1) is 21.7 Å². The number of ether oxygens (including phenoxy) is 4. The summed E-state index contributed by atoms with van der Waals surface area (Å²) in [5.74, 6) is 0.301. The van der Waals surface area contributed by atoms with Crippen molar-refractivity contribution < 1.29 is 38.1 Å². The molecule has 11 aromatic carbocycles. The van der Waals surface area contributed by atoms with E-state index in [2.05, 4.69) is 197 Å². The SMILES string of the molecule is CC(C)(C)CC(C)(C)c1ccc(Oc2cc3c4c(cc(Oc5ccc(C(C)(C)CC(C)(C)C)cc5)c5c6c(Oc7ccc(C(C)(C)CC(C)(C)C)cc7)cc7c8c(cc(Oc9ccc(C(C)(C)CC(C)(C)C)cc9)c(c2c45)c86)C(=O)N(c2ccc(-n4ccnc4)cc2)C7=O)C(=O)N(c2ccc(-n4ccnc4)cc2)C3=O)cc1. The molecule has 14 heteroatoms. The molecule has 0 N–H and O–H groups in total. The monoisotopic (exact) mass is 1490 g/mol. The van der Waals surface area contributed by atoms with E-state index < -0.39 is 23.6 Å². The van der Waals surface area contributed by atoms with Crippen molar-refractivity contribution in [2.75, 3.05) is 9.80 Å². The number of fused-ring (bicyclic) bond motifs is 2. The fraction of sp³-hybridized carbons (Fsp3) is 0.327. The molecule has 0 spiro atoms.